The van der Waals surface area contributed by atoms with Crippen molar-refractivity contribution in [2.45, 2.75) is 20.3 Å². The van der Waals surface area contributed by atoms with Crippen molar-refractivity contribution in [3.8, 4) is 5.69 Å². The fraction of sp³-hybridized carbons (Fsp3) is 0.273. The summed E-state index contributed by atoms with van der Waals surface area (Å²) < 4.78 is 6.51. The number of hydrogen-bond donors (Lipinski definition) is 1. The number of benzene rings is 2. The number of hydrogen-bond acceptors (Lipinski definition) is 7. The van der Waals surface area contributed by atoms with Crippen LogP contribution in [0.15, 0.2) is 54.6 Å². The van der Waals surface area contributed by atoms with E-state index in [4.69, 9.17) is 4.74 Å². The van der Waals surface area contributed by atoms with Gasteiger partial charge < -0.3 is 10.1 Å². The van der Waals surface area contributed by atoms with Gasteiger partial charge in [0.1, 0.15) is 0 Å². The Hall–Kier alpha value is -4.08. The topological polar surface area (TPSA) is 129 Å². The number of carbonyl (C=O) groups is 2. The third-order valence-electron chi connectivity index (χ3n) is 4.85. The zero-order chi connectivity index (χ0) is 23.1. The summed E-state index contributed by atoms with van der Waals surface area (Å²) in [5.74, 6) is -1.46. The minimum absolute atomic E-state index is 0.0651. The zero-order valence-electron chi connectivity index (χ0n) is 17.7. The first kappa shape index (κ1) is 22.6. The maximum Gasteiger partial charge on any atom is 0.311 e. The van der Waals surface area contributed by atoms with E-state index >= 15 is 0 Å². The summed E-state index contributed by atoms with van der Waals surface area (Å²) in [6.07, 6.45) is 0.416. The quantitative estimate of drug-likeness (QED) is 0.309. The highest BCUT2D eigenvalue weighted by molar-refractivity contribution is 5.93. The molecule has 1 aromatic heterocycles. The van der Waals surface area contributed by atoms with Crippen molar-refractivity contribution in [3.05, 3.63) is 81.7 Å². The molecule has 1 unspecified atom stereocenters. The monoisotopic (exact) mass is 437 g/mol. The number of nitro groups is 1. The predicted octanol–water partition coefficient (Wildman–Crippen LogP) is 2.64. The van der Waals surface area contributed by atoms with Gasteiger partial charge >= 0.3 is 5.97 Å². The van der Waals surface area contributed by atoms with E-state index in [1.54, 1.807) is 19.9 Å². The number of esters is 1. The molecule has 1 atom stereocenters. The molecule has 0 aliphatic heterocycles. The van der Waals surface area contributed by atoms with E-state index in [2.05, 4.69) is 15.6 Å². The van der Waals surface area contributed by atoms with Crippen LogP contribution in [0, 0.1) is 23.0 Å². The van der Waals surface area contributed by atoms with Gasteiger partial charge in [-0.15, -0.1) is 5.10 Å². The van der Waals surface area contributed by atoms with Crippen LogP contribution < -0.4 is 5.32 Å². The molecule has 1 N–H and O–H groups in total. The van der Waals surface area contributed by atoms with E-state index in [1.165, 1.54) is 22.9 Å². The van der Waals surface area contributed by atoms with Crippen LogP contribution in [0.3, 0.4) is 0 Å². The molecule has 0 saturated carbocycles. The number of amides is 1. The Morgan fingerprint density at radius 2 is 1.94 bits per heavy atom. The van der Waals surface area contributed by atoms with Gasteiger partial charge in [-0.3, -0.25) is 19.7 Å². The van der Waals surface area contributed by atoms with Crippen molar-refractivity contribution in [2.75, 3.05) is 13.2 Å². The number of carbonyl (C=O) groups excluding carboxylic acids is 2. The minimum Gasteiger partial charge on any atom is -0.466 e. The molecular weight excluding hydrogens is 414 g/mol. The van der Waals surface area contributed by atoms with Gasteiger partial charge in [0.05, 0.1) is 28.8 Å². The Labute approximate surface area is 184 Å². The number of aromatic nitrogens is 3. The summed E-state index contributed by atoms with van der Waals surface area (Å²) >= 11 is 0. The second-order valence-electron chi connectivity index (χ2n) is 7.06. The third-order valence-corrected chi connectivity index (χ3v) is 4.85. The van der Waals surface area contributed by atoms with Crippen molar-refractivity contribution in [3.63, 3.8) is 0 Å². The molecule has 10 heteroatoms. The molecule has 166 valence electrons. The average Bonchev–Trinajstić information content (AvgIpc) is 3.18. The van der Waals surface area contributed by atoms with E-state index in [1.807, 2.05) is 30.3 Å². The molecule has 0 saturated heterocycles. The van der Waals surface area contributed by atoms with Gasteiger partial charge in [-0.05, 0) is 31.9 Å². The number of nitrogens with zero attached hydrogens (tertiary/aromatic N) is 4. The molecule has 1 amide bonds. The molecule has 0 aliphatic rings. The maximum atomic E-state index is 12.7. The van der Waals surface area contributed by atoms with Crippen LogP contribution in [0.4, 0.5) is 5.69 Å². The predicted molar refractivity (Wildman–Crippen MR) is 115 cm³/mol. The third kappa shape index (κ3) is 5.34. The summed E-state index contributed by atoms with van der Waals surface area (Å²) in [6.45, 7) is 3.68. The van der Waals surface area contributed by atoms with E-state index in [-0.39, 0.29) is 24.5 Å². The van der Waals surface area contributed by atoms with Gasteiger partial charge in [0.25, 0.3) is 11.6 Å². The second-order valence-corrected chi connectivity index (χ2v) is 7.06. The lowest BCUT2D eigenvalue weighted by atomic mass is 9.99. The fourth-order valence-corrected chi connectivity index (χ4v) is 3.22. The molecule has 0 bridgehead atoms. The normalized spacial score (nSPS) is 11.6. The maximum absolute atomic E-state index is 12.7. The highest BCUT2D eigenvalue weighted by Crippen LogP contribution is 2.18. The Morgan fingerprint density at radius 3 is 2.62 bits per heavy atom. The molecule has 3 aromatic rings. The summed E-state index contributed by atoms with van der Waals surface area (Å²) in [7, 11) is 0. The number of rotatable bonds is 9. The molecule has 2 aromatic carbocycles. The zero-order valence-corrected chi connectivity index (χ0v) is 17.7. The smallest absolute Gasteiger partial charge is 0.311 e. The standard InChI is InChI=1S/C22H23N5O5/c1-3-32-22(29)17(12-16-8-5-4-6-9-16)14-23-21(28)20-15(2)26(25-24-20)18-10-7-11-19(13-18)27(30)31/h4-11,13,17H,3,12,14H2,1-2H3,(H,23,28). The van der Waals surface area contributed by atoms with E-state index < -0.39 is 22.7 Å². The first-order valence-electron chi connectivity index (χ1n) is 10.1. The van der Waals surface area contributed by atoms with Crippen LogP contribution in [-0.4, -0.2) is 44.9 Å². The molecule has 10 nitrogen and oxygen atoms in total. The second kappa shape index (κ2) is 10.3. The molecule has 0 spiro atoms. The molecule has 32 heavy (non-hydrogen) atoms. The molecular formula is C22H23N5O5. The van der Waals surface area contributed by atoms with Crippen LogP contribution in [0.2, 0.25) is 0 Å². The van der Waals surface area contributed by atoms with Crippen molar-refractivity contribution in [2.24, 2.45) is 5.92 Å². The van der Waals surface area contributed by atoms with Crippen molar-refractivity contribution in [1.29, 1.82) is 0 Å². The molecule has 0 fully saturated rings. The highest BCUT2D eigenvalue weighted by atomic mass is 16.6. The SMILES string of the molecule is CCOC(=O)C(CNC(=O)c1nnn(-c2cccc([N+](=O)[O-])c2)c1C)Cc1ccccc1. The first-order chi connectivity index (χ1) is 15.4. The van der Waals surface area contributed by atoms with Gasteiger partial charge in [-0.1, -0.05) is 41.6 Å². The Morgan fingerprint density at radius 1 is 1.19 bits per heavy atom. The highest BCUT2D eigenvalue weighted by Gasteiger charge is 2.24. The molecule has 1 heterocycles. The number of nitro benzene ring substituents is 1. The molecule has 0 radical (unpaired) electrons. The fourth-order valence-electron chi connectivity index (χ4n) is 3.22. The van der Waals surface area contributed by atoms with Crippen molar-refractivity contribution >= 4 is 17.6 Å². The van der Waals surface area contributed by atoms with Gasteiger partial charge in [-0.25, -0.2) is 4.68 Å². The van der Waals surface area contributed by atoms with E-state index in [0.29, 0.717) is 17.8 Å². The van der Waals surface area contributed by atoms with Gasteiger partial charge in [0.15, 0.2) is 5.69 Å². The number of ether oxygens (including phenoxy) is 1. The summed E-state index contributed by atoms with van der Waals surface area (Å²) in [4.78, 5) is 35.6. The lowest BCUT2D eigenvalue weighted by Crippen LogP contribution is -2.35. The van der Waals surface area contributed by atoms with Crippen LogP contribution in [-0.2, 0) is 16.0 Å². The van der Waals surface area contributed by atoms with E-state index in [9.17, 15) is 19.7 Å². The Kier molecular flexibility index (Phi) is 7.27. The van der Waals surface area contributed by atoms with Crippen LogP contribution in [0.5, 0.6) is 0 Å². The van der Waals surface area contributed by atoms with Crippen LogP contribution in [0.25, 0.3) is 5.69 Å². The van der Waals surface area contributed by atoms with Crippen molar-refractivity contribution in [1.82, 2.24) is 20.3 Å². The van der Waals surface area contributed by atoms with E-state index in [0.717, 1.165) is 5.56 Å². The van der Waals surface area contributed by atoms with Gasteiger partial charge in [-0.2, -0.15) is 0 Å². The lowest BCUT2D eigenvalue weighted by Gasteiger charge is -2.16. The average molecular weight is 437 g/mol. The Bertz CT molecular complexity index is 1110. The summed E-state index contributed by atoms with van der Waals surface area (Å²) in [6, 6.07) is 15.3. The summed E-state index contributed by atoms with van der Waals surface area (Å²) in [5.41, 5.74) is 1.75. The largest absolute Gasteiger partial charge is 0.466 e. The molecule has 3 rings (SSSR count). The number of nitrogens with one attached hydrogen (secondary N) is 1. The van der Waals surface area contributed by atoms with Crippen LogP contribution in [0.1, 0.15) is 28.7 Å². The molecule has 0 aliphatic carbocycles. The lowest BCUT2D eigenvalue weighted by molar-refractivity contribution is -0.384. The number of non-ortho nitro benzene ring substituents is 1. The minimum atomic E-state index is -0.562. The van der Waals surface area contributed by atoms with Crippen molar-refractivity contribution < 1.29 is 19.2 Å². The Balaban J connectivity index is 1.74. The van der Waals surface area contributed by atoms with Crippen LogP contribution >= 0.6 is 0 Å². The summed E-state index contributed by atoms with van der Waals surface area (Å²) in [5, 5.41) is 21.6. The van der Waals surface area contributed by atoms with Gasteiger partial charge in [0.2, 0.25) is 0 Å². The van der Waals surface area contributed by atoms with Gasteiger partial charge in [0, 0.05) is 18.7 Å². The first-order valence-corrected chi connectivity index (χ1v) is 10.1.